The first-order valence-corrected chi connectivity index (χ1v) is 7.23. The number of piperazine rings is 1. The van der Waals surface area contributed by atoms with Crippen molar-refractivity contribution in [3.05, 3.63) is 30.3 Å². The molecule has 21 heavy (non-hydrogen) atoms. The topological polar surface area (TPSA) is 58.6 Å². The van der Waals surface area contributed by atoms with Gasteiger partial charge in [-0.25, -0.2) is 0 Å². The molecule has 114 valence electrons. The summed E-state index contributed by atoms with van der Waals surface area (Å²) in [5.41, 5.74) is -0.829. The van der Waals surface area contributed by atoms with Crippen molar-refractivity contribution < 1.29 is 14.3 Å². The van der Waals surface area contributed by atoms with Crippen LogP contribution in [0.1, 0.15) is 27.2 Å². The van der Waals surface area contributed by atoms with E-state index in [4.69, 9.17) is 4.74 Å². The molecule has 1 heterocycles. The Morgan fingerprint density at radius 3 is 2.57 bits per heavy atom. The SMILES string of the molecule is CC1C(=O)NC(C)(C)C(=O)N1CCCOc1ccccc1. The van der Waals surface area contributed by atoms with Crippen LogP contribution in [0.2, 0.25) is 0 Å². The quantitative estimate of drug-likeness (QED) is 0.838. The summed E-state index contributed by atoms with van der Waals surface area (Å²) in [4.78, 5) is 25.9. The summed E-state index contributed by atoms with van der Waals surface area (Å²) < 4.78 is 5.61. The predicted octanol–water partition coefficient (Wildman–Crippen LogP) is 1.58. The van der Waals surface area contributed by atoms with E-state index in [9.17, 15) is 9.59 Å². The molecule has 0 saturated carbocycles. The molecule has 5 heteroatoms. The first-order valence-electron chi connectivity index (χ1n) is 7.23. The molecule has 5 nitrogen and oxygen atoms in total. The molecule has 1 unspecified atom stereocenters. The first-order chi connectivity index (χ1) is 9.92. The molecule has 1 saturated heterocycles. The van der Waals surface area contributed by atoms with Crippen LogP contribution in [0.15, 0.2) is 30.3 Å². The van der Waals surface area contributed by atoms with E-state index in [1.54, 1.807) is 25.7 Å². The van der Waals surface area contributed by atoms with Crippen LogP contribution in [0.25, 0.3) is 0 Å². The van der Waals surface area contributed by atoms with Crippen molar-refractivity contribution >= 4 is 11.8 Å². The van der Waals surface area contributed by atoms with Gasteiger partial charge in [0.1, 0.15) is 17.3 Å². The normalized spacial score (nSPS) is 21.1. The lowest BCUT2D eigenvalue weighted by molar-refractivity contribution is -0.152. The summed E-state index contributed by atoms with van der Waals surface area (Å²) >= 11 is 0. The van der Waals surface area contributed by atoms with E-state index < -0.39 is 11.6 Å². The average molecular weight is 290 g/mol. The summed E-state index contributed by atoms with van der Waals surface area (Å²) in [5, 5.41) is 2.74. The number of hydrogen-bond donors (Lipinski definition) is 1. The van der Waals surface area contributed by atoms with Gasteiger partial charge in [-0.05, 0) is 39.3 Å². The molecule has 2 rings (SSSR count). The van der Waals surface area contributed by atoms with E-state index in [0.717, 1.165) is 5.75 Å². The molecule has 0 bridgehead atoms. The third-order valence-corrected chi connectivity index (χ3v) is 3.63. The summed E-state index contributed by atoms with van der Waals surface area (Å²) in [7, 11) is 0. The number of carbonyl (C=O) groups excluding carboxylic acids is 2. The van der Waals surface area contributed by atoms with E-state index >= 15 is 0 Å². The Morgan fingerprint density at radius 2 is 1.90 bits per heavy atom. The van der Waals surface area contributed by atoms with Gasteiger partial charge in [-0.3, -0.25) is 9.59 Å². The van der Waals surface area contributed by atoms with Crippen molar-refractivity contribution in [2.45, 2.75) is 38.8 Å². The number of nitrogens with one attached hydrogen (secondary N) is 1. The largest absolute Gasteiger partial charge is 0.494 e. The second-order valence-electron chi connectivity index (χ2n) is 5.80. The van der Waals surface area contributed by atoms with Gasteiger partial charge in [-0.2, -0.15) is 0 Å². The number of amides is 2. The number of hydrogen-bond acceptors (Lipinski definition) is 3. The van der Waals surface area contributed by atoms with E-state index in [1.807, 2.05) is 30.3 Å². The molecule has 0 radical (unpaired) electrons. The molecule has 1 aromatic carbocycles. The average Bonchev–Trinajstić information content (AvgIpc) is 2.45. The number of nitrogens with zero attached hydrogens (tertiary/aromatic N) is 1. The van der Waals surface area contributed by atoms with Gasteiger partial charge >= 0.3 is 0 Å². The molecule has 1 aliphatic rings. The Bertz CT molecular complexity index is 514. The van der Waals surface area contributed by atoms with Gasteiger partial charge in [-0.15, -0.1) is 0 Å². The predicted molar refractivity (Wildman–Crippen MR) is 80.0 cm³/mol. The lowest BCUT2D eigenvalue weighted by atomic mass is 9.97. The second kappa shape index (κ2) is 6.16. The molecular formula is C16H22N2O3. The zero-order valence-corrected chi connectivity index (χ0v) is 12.8. The van der Waals surface area contributed by atoms with Gasteiger partial charge in [0, 0.05) is 6.54 Å². The summed E-state index contributed by atoms with van der Waals surface area (Å²) in [5.74, 6) is 0.659. The van der Waals surface area contributed by atoms with Gasteiger partial charge in [0.25, 0.3) is 0 Å². The van der Waals surface area contributed by atoms with Crippen LogP contribution in [0, 0.1) is 0 Å². The molecule has 1 aromatic rings. The van der Waals surface area contributed by atoms with Gasteiger partial charge < -0.3 is 15.0 Å². The lowest BCUT2D eigenvalue weighted by Crippen LogP contribution is -2.67. The molecular weight excluding hydrogens is 268 g/mol. The van der Waals surface area contributed by atoms with Crippen LogP contribution >= 0.6 is 0 Å². The van der Waals surface area contributed by atoms with Crippen molar-refractivity contribution in [1.29, 1.82) is 0 Å². The second-order valence-corrected chi connectivity index (χ2v) is 5.80. The maximum absolute atomic E-state index is 12.3. The van der Waals surface area contributed by atoms with Crippen molar-refractivity contribution in [2.24, 2.45) is 0 Å². The number of rotatable bonds is 5. The number of benzene rings is 1. The van der Waals surface area contributed by atoms with Gasteiger partial charge in [0.15, 0.2) is 0 Å². The van der Waals surface area contributed by atoms with Crippen LogP contribution in [0.4, 0.5) is 0 Å². The fraction of sp³-hybridized carbons (Fsp3) is 0.500. The summed E-state index contributed by atoms with van der Waals surface area (Å²) in [6, 6.07) is 9.12. The monoisotopic (exact) mass is 290 g/mol. The number of para-hydroxylation sites is 1. The Hall–Kier alpha value is -2.04. The molecule has 1 atom stereocenters. The van der Waals surface area contributed by atoms with Crippen LogP contribution < -0.4 is 10.1 Å². The van der Waals surface area contributed by atoms with Crippen molar-refractivity contribution in [3.63, 3.8) is 0 Å². The number of ether oxygens (including phenoxy) is 1. The van der Waals surface area contributed by atoms with Crippen molar-refractivity contribution in [2.75, 3.05) is 13.2 Å². The third kappa shape index (κ3) is 3.54. The van der Waals surface area contributed by atoms with Crippen LogP contribution in [-0.4, -0.2) is 41.4 Å². The minimum absolute atomic E-state index is 0.0469. The Labute approximate surface area is 125 Å². The van der Waals surface area contributed by atoms with E-state index in [-0.39, 0.29) is 11.8 Å². The molecule has 2 amide bonds. The highest BCUT2D eigenvalue weighted by Gasteiger charge is 2.42. The molecule has 0 spiro atoms. The minimum Gasteiger partial charge on any atom is -0.494 e. The van der Waals surface area contributed by atoms with Crippen LogP contribution in [-0.2, 0) is 9.59 Å². The maximum atomic E-state index is 12.3. The van der Waals surface area contributed by atoms with Crippen molar-refractivity contribution in [1.82, 2.24) is 10.2 Å². The zero-order valence-electron chi connectivity index (χ0n) is 12.8. The Morgan fingerprint density at radius 1 is 1.24 bits per heavy atom. The highest BCUT2D eigenvalue weighted by Crippen LogP contribution is 2.18. The van der Waals surface area contributed by atoms with E-state index in [1.165, 1.54) is 0 Å². The fourth-order valence-electron chi connectivity index (χ4n) is 2.38. The molecule has 1 N–H and O–H groups in total. The van der Waals surface area contributed by atoms with Gasteiger partial charge in [0.05, 0.1) is 6.61 Å². The summed E-state index contributed by atoms with van der Waals surface area (Å²) in [6.07, 6.45) is 0.689. The Kier molecular flexibility index (Phi) is 4.50. The molecule has 0 aromatic heterocycles. The standard InChI is InChI=1S/C16H22N2O3/c1-12-14(19)17-16(2,3)15(20)18(12)10-7-11-21-13-8-5-4-6-9-13/h4-6,8-9,12H,7,10-11H2,1-3H3,(H,17,19). The maximum Gasteiger partial charge on any atom is 0.248 e. The highest BCUT2D eigenvalue weighted by molar-refractivity contribution is 5.99. The van der Waals surface area contributed by atoms with Crippen LogP contribution in [0.3, 0.4) is 0 Å². The lowest BCUT2D eigenvalue weighted by Gasteiger charge is -2.41. The first kappa shape index (κ1) is 15.4. The minimum atomic E-state index is -0.829. The van der Waals surface area contributed by atoms with Gasteiger partial charge in [-0.1, -0.05) is 18.2 Å². The van der Waals surface area contributed by atoms with Gasteiger partial charge in [0.2, 0.25) is 11.8 Å². The summed E-state index contributed by atoms with van der Waals surface area (Å²) in [6.45, 7) is 6.24. The molecule has 0 aliphatic carbocycles. The van der Waals surface area contributed by atoms with E-state index in [2.05, 4.69) is 5.32 Å². The molecule has 1 aliphatic heterocycles. The highest BCUT2D eigenvalue weighted by atomic mass is 16.5. The van der Waals surface area contributed by atoms with Crippen molar-refractivity contribution in [3.8, 4) is 5.75 Å². The Balaban J connectivity index is 1.86. The smallest absolute Gasteiger partial charge is 0.248 e. The third-order valence-electron chi connectivity index (χ3n) is 3.63. The van der Waals surface area contributed by atoms with Crippen LogP contribution in [0.5, 0.6) is 5.75 Å². The zero-order chi connectivity index (χ0) is 15.5. The molecule has 1 fully saturated rings. The fourth-order valence-corrected chi connectivity index (χ4v) is 2.38. The van der Waals surface area contributed by atoms with E-state index in [0.29, 0.717) is 19.6 Å². The number of carbonyl (C=O) groups is 2.